The zero-order chi connectivity index (χ0) is 22.0. The van der Waals surface area contributed by atoms with Gasteiger partial charge < -0.3 is 14.6 Å². The predicted molar refractivity (Wildman–Crippen MR) is 122 cm³/mol. The van der Waals surface area contributed by atoms with Crippen LogP contribution in [0.2, 0.25) is 0 Å². The molecule has 1 aromatic heterocycles. The van der Waals surface area contributed by atoms with Crippen LogP contribution < -0.4 is 15.0 Å². The Hall–Kier alpha value is -4.06. The minimum absolute atomic E-state index is 0.0212. The Bertz CT molecular complexity index is 1360. The summed E-state index contributed by atoms with van der Waals surface area (Å²) in [5, 5.41) is 10.9. The Morgan fingerprint density at radius 3 is 2.48 bits per heavy atom. The molecule has 156 valence electrons. The number of phenols is 1. The number of hydrogen-bond acceptors (Lipinski definition) is 5. The lowest BCUT2D eigenvalue weighted by atomic mass is 10.1. The van der Waals surface area contributed by atoms with E-state index in [1.807, 2.05) is 37.3 Å². The fourth-order valence-corrected chi connectivity index (χ4v) is 3.46. The highest BCUT2D eigenvalue weighted by molar-refractivity contribution is 5.80. The van der Waals surface area contributed by atoms with Gasteiger partial charge in [-0.25, -0.2) is 4.98 Å². The molecule has 0 unspecified atom stereocenters. The summed E-state index contributed by atoms with van der Waals surface area (Å²) >= 11 is 0. The van der Waals surface area contributed by atoms with Gasteiger partial charge in [0.1, 0.15) is 11.6 Å². The van der Waals surface area contributed by atoms with Gasteiger partial charge in [-0.2, -0.15) is 0 Å². The van der Waals surface area contributed by atoms with Gasteiger partial charge in [0.05, 0.1) is 30.8 Å². The van der Waals surface area contributed by atoms with Crippen LogP contribution >= 0.6 is 0 Å². The molecular formula is C25H22N2O4. The van der Waals surface area contributed by atoms with Crippen molar-refractivity contribution in [2.24, 2.45) is 0 Å². The number of hydrogen-bond donors (Lipinski definition) is 1. The van der Waals surface area contributed by atoms with Gasteiger partial charge in [-0.3, -0.25) is 9.36 Å². The first-order valence-corrected chi connectivity index (χ1v) is 9.74. The molecule has 1 N–H and O–H groups in total. The van der Waals surface area contributed by atoms with Crippen molar-refractivity contribution < 1.29 is 14.6 Å². The van der Waals surface area contributed by atoms with Crippen molar-refractivity contribution in [3.05, 3.63) is 88.0 Å². The maximum atomic E-state index is 13.4. The van der Waals surface area contributed by atoms with Crippen molar-refractivity contribution >= 4 is 23.1 Å². The van der Waals surface area contributed by atoms with E-state index in [2.05, 4.69) is 0 Å². The molecule has 0 aliphatic rings. The number of ether oxygens (including phenoxy) is 2. The van der Waals surface area contributed by atoms with E-state index in [-0.39, 0.29) is 11.3 Å². The SMILES string of the molecule is COc1cc(-n2c(/C=C/c3cccc(OC)c3O)nc3ccccc3c2=O)ccc1C. The van der Waals surface area contributed by atoms with Crippen molar-refractivity contribution in [3.8, 4) is 22.9 Å². The summed E-state index contributed by atoms with van der Waals surface area (Å²) in [5.74, 6) is 1.50. The van der Waals surface area contributed by atoms with Crippen LogP contribution in [0.4, 0.5) is 0 Å². The lowest BCUT2D eigenvalue weighted by molar-refractivity contribution is 0.373. The molecule has 6 heteroatoms. The van der Waals surface area contributed by atoms with Crippen LogP contribution in [0.25, 0.3) is 28.7 Å². The fraction of sp³-hybridized carbons (Fsp3) is 0.120. The largest absolute Gasteiger partial charge is 0.504 e. The molecule has 0 amide bonds. The van der Waals surface area contributed by atoms with E-state index in [4.69, 9.17) is 14.5 Å². The highest BCUT2D eigenvalue weighted by atomic mass is 16.5. The van der Waals surface area contributed by atoms with E-state index < -0.39 is 0 Å². The minimum atomic E-state index is -0.189. The molecule has 1 heterocycles. The first-order valence-electron chi connectivity index (χ1n) is 9.74. The number of methoxy groups -OCH3 is 2. The zero-order valence-corrected chi connectivity index (χ0v) is 17.5. The maximum Gasteiger partial charge on any atom is 0.266 e. The topological polar surface area (TPSA) is 73.6 Å². The number of phenolic OH excluding ortho intramolecular Hbond substituents is 1. The number of nitrogens with zero attached hydrogens (tertiary/aromatic N) is 2. The van der Waals surface area contributed by atoms with Gasteiger partial charge in [0.2, 0.25) is 0 Å². The molecule has 0 atom stereocenters. The molecule has 0 spiro atoms. The second-order valence-corrected chi connectivity index (χ2v) is 7.01. The van der Waals surface area contributed by atoms with Gasteiger partial charge in [0.15, 0.2) is 11.5 Å². The van der Waals surface area contributed by atoms with Crippen LogP contribution in [0, 0.1) is 6.92 Å². The second kappa shape index (κ2) is 8.36. The molecule has 0 saturated carbocycles. The molecule has 0 aliphatic heterocycles. The summed E-state index contributed by atoms with van der Waals surface area (Å²) < 4.78 is 12.2. The van der Waals surface area contributed by atoms with E-state index in [1.165, 1.54) is 11.7 Å². The van der Waals surface area contributed by atoms with Crippen molar-refractivity contribution in [3.63, 3.8) is 0 Å². The van der Waals surface area contributed by atoms with Crippen LogP contribution in [-0.4, -0.2) is 28.9 Å². The number of fused-ring (bicyclic) bond motifs is 1. The van der Waals surface area contributed by atoms with Crippen molar-refractivity contribution in [2.45, 2.75) is 6.92 Å². The molecule has 31 heavy (non-hydrogen) atoms. The lowest BCUT2D eigenvalue weighted by Gasteiger charge is -2.14. The number of aromatic nitrogens is 2. The van der Waals surface area contributed by atoms with E-state index in [9.17, 15) is 9.90 Å². The molecular weight excluding hydrogens is 392 g/mol. The third-order valence-corrected chi connectivity index (χ3v) is 5.11. The van der Waals surface area contributed by atoms with Crippen LogP contribution in [0.5, 0.6) is 17.2 Å². The van der Waals surface area contributed by atoms with Gasteiger partial charge >= 0.3 is 0 Å². The number of rotatable bonds is 5. The quantitative estimate of drug-likeness (QED) is 0.517. The van der Waals surface area contributed by atoms with E-state index >= 15 is 0 Å². The number of para-hydroxylation sites is 2. The molecule has 0 saturated heterocycles. The number of aromatic hydroxyl groups is 1. The highest BCUT2D eigenvalue weighted by Gasteiger charge is 2.13. The molecule has 0 aliphatic carbocycles. The summed E-state index contributed by atoms with van der Waals surface area (Å²) in [4.78, 5) is 18.1. The maximum absolute atomic E-state index is 13.4. The Morgan fingerprint density at radius 1 is 0.935 bits per heavy atom. The van der Waals surface area contributed by atoms with Gasteiger partial charge in [0, 0.05) is 11.6 Å². The molecule has 0 radical (unpaired) electrons. The van der Waals surface area contributed by atoms with Gasteiger partial charge in [-0.15, -0.1) is 0 Å². The normalized spacial score (nSPS) is 11.2. The number of benzene rings is 3. The average Bonchev–Trinajstić information content (AvgIpc) is 2.79. The van der Waals surface area contributed by atoms with Crippen LogP contribution in [0.3, 0.4) is 0 Å². The van der Waals surface area contributed by atoms with E-state index in [0.717, 1.165) is 5.56 Å². The molecule has 0 fully saturated rings. The summed E-state index contributed by atoms with van der Waals surface area (Å²) in [6.07, 6.45) is 3.41. The predicted octanol–water partition coefficient (Wildman–Crippen LogP) is 4.59. The van der Waals surface area contributed by atoms with Gasteiger partial charge in [-0.05, 0) is 48.9 Å². The Balaban J connectivity index is 1.94. The standard InChI is InChI=1S/C25H22N2O4/c1-16-11-13-18(15-22(16)31-3)27-23(26-20-9-5-4-8-19(20)25(27)29)14-12-17-7-6-10-21(30-2)24(17)28/h4-15,28H,1-3H3/b14-12+. The van der Waals surface area contributed by atoms with Crippen LogP contribution in [-0.2, 0) is 0 Å². The third-order valence-electron chi connectivity index (χ3n) is 5.11. The monoisotopic (exact) mass is 414 g/mol. The van der Waals surface area contributed by atoms with Gasteiger partial charge in [0.25, 0.3) is 5.56 Å². The molecule has 4 aromatic rings. The second-order valence-electron chi connectivity index (χ2n) is 7.01. The van der Waals surface area contributed by atoms with Crippen molar-refractivity contribution in [1.82, 2.24) is 9.55 Å². The summed E-state index contributed by atoms with van der Waals surface area (Å²) in [7, 11) is 3.09. The van der Waals surface area contributed by atoms with E-state index in [0.29, 0.717) is 39.5 Å². The van der Waals surface area contributed by atoms with Gasteiger partial charge in [-0.1, -0.05) is 30.3 Å². The highest BCUT2D eigenvalue weighted by Crippen LogP contribution is 2.31. The minimum Gasteiger partial charge on any atom is -0.504 e. The van der Waals surface area contributed by atoms with Crippen LogP contribution in [0.1, 0.15) is 17.0 Å². The molecule has 6 nitrogen and oxygen atoms in total. The van der Waals surface area contributed by atoms with Crippen molar-refractivity contribution in [1.29, 1.82) is 0 Å². The summed E-state index contributed by atoms with van der Waals surface area (Å²) in [6.45, 7) is 1.94. The molecule has 3 aromatic carbocycles. The Morgan fingerprint density at radius 2 is 1.71 bits per heavy atom. The average molecular weight is 414 g/mol. The molecule has 0 bridgehead atoms. The third kappa shape index (κ3) is 3.75. The Kier molecular flexibility index (Phi) is 5.45. The summed E-state index contributed by atoms with van der Waals surface area (Å²) in [5.41, 5.74) is 2.56. The fourth-order valence-electron chi connectivity index (χ4n) is 3.46. The zero-order valence-electron chi connectivity index (χ0n) is 17.5. The first kappa shape index (κ1) is 20.2. The van der Waals surface area contributed by atoms with E-state index in [1.54, 1.807) is 49.6 Å². The van der Waals surface area contributed by atoms with Crippen molar-refractivity contribution in [2.75, 3.05) is 14.2 Å². The summed E-state index contributed by atoms with van der Waals surface area (Å²) in [6, 6.07) is 18.0. The number of aryl methyl sites for hydroxylation is 1. The van der Waals surface area contributed by atoms with Crippen LogP contribution in [0.15, 0.2) is 65.5 Å². The smallest absolute Gasteiger partial charge is 0.266 e. The molecule has 4 rings (SSSR count). The lowest BCUT2D eigenvalue weighted by Crippen LogP contribution is -2.22. The first-order chi connectivity index (χ1) is 15.0. The Labute approximate surface area is 179 Å².